The lowest BCUT2D eigenvalue weighted by molar-refractivity contribution is 0.294. The molecule has 0 radical (unpaired) electrons. The van der Waals surface area contributed by atoms with E-state index in [-0.39, 0.29) is 24.0 Å². The van der Waals surface area contributed by atoms with Gasteiger partial charge in [0.25, 0.3) is 0 Å². The van der Waals surface area contributed by atoms with Crippen LogP contribution in [0.15, 0.2) is 23.2 Å². The Morgan fingerprint density at radius 1 is 1.32 bits per heavy atom. The summed E-state index contributed by atoms with van der Waals surface area (Å²) in [6, 6.07) is 6.08. The van der Waals surface area contributed by atoms with E-state index >= 15 is 0 Å². The van der Waals surface area contributed by atoms with Crippen molar-refractivity contribution in [1.29, 1.82) is 0 Å². The first-order valence-corrected chi connectivity index (χ1v) is 8.74. The second kappa shape index (κ2) is 10.1. The zero-order valence-electron chi connectivity index (χ0n) is 16.1. The maximum absolute atomic E-state index is 5.71. The van der Waals surface area contributed by atoms with Crippen LogP contribution in [0.1, 0.15) is 39.2 Å². The van der Waals surface area contributed by atoms with Crippen LogP contribution >= 0.6 is 24.0 Å². The highest BCUT2D eigenvalue weighted by Gasteiger charge is 2.30. The highest BCUT2D eigenvalue weighted by Crippen LogP contribution is 2.29. The van der Waals surface area contributed by atoms with Crippen LogP contribution in [0, 0.1) is 5.41 Å². The molecule has 2 rings (SSSR count). The molecule has 1 aliphatic rings. The van der Waals surface area contributed by atoms with Crippen LogP contribution in [-0.4, -0.2) is 44.7 Å². The summed E-state index contributed by atoms with van der Waals surface area (Å²) in [4.78, 5) is 6.76. The normalized spacial score (nSPS) is 16.4. The number of benzene rings is 1. The molecule has 1 aromatic carbocycles. The van der Waals surface area contributed by atoms with E-state index < -0.39 is 0 Å². The topological polar surface area (TPSA) is 46.1 Å². The Morgan fingerprint density at radius 2 is 2.08 bits per heavy atom. The Labute approximate surface area is 169 Å². The van der Waals surface area contributed by atoms with Gasteiger partial charge < -0.3 is 19.7 Å². The number of methoxy groups -OCH3 is 1. The molecule has 1 aromatic rings. The zero-order chi connectivity index (χ0) is 17.6. The van der Waals surface area contributed by atoms with Crippen molar-refractivity contribution in [3.05, 3.63) is 23.8 Å². The molecule has 0 aliphatic carbocycles. The molecule has 0 atom stereocenters. The predicted molar refractivity (Wildman–Crippen MR) is 114 cm³/mol. The second-order valence-electron chi connectivity index (χ2n) is 7.07. The Hall–Kier alpha value is -1.18. The quantitative estimate of drug-likeness (QED) is 0.397. The molecule has 0 aromatic heterocycles. The van der Waals surface area contributed by atoms with Gasteiger partial charge in [-0.05, 0) is 36.0 Å². The van der Waals surface area contributed by atoms with Crippen LogP contribution in [0.4, 0.5) is 0 Å². The maximum Gasteiger partial charge on any atom is 0.193 e. The van der Waals surface area contributed by atoms with Crippen molar-refractivity contribution in [3.8, 4) is 11.5 Å². The summed E-state index contributed by atoms with van der Waals surface area (Å²) in [5.74, 6) is 2.54. The number of hydrogen-bond acceptors (Lipinski definition) is 3. The van der Waals surface area contributed by atoms with E-state index in [1.807, 2.05) is 19.2 Å². The third-order valence-corrected chi connectivity index (χ3v) is 4.33. The molecule has 6 heteroatoms. The van der Waals surface area contributed by atoms with Crippen molar-refractivity contribution in [3.63, 3.8) is 0 Å². The molecule has 142 valence electrons. The number of rotatable bonds is 6. The van der Waals surface area contributed by atoms with Gasteiger partial charge in [0.2, 0.25) is 0 Å². The van der Waals surface area contributed by atoms with Crippen LogP contribution in [0.5, 0.6) is 11.5 Å². The van der Waals surface area contributed by atoms with Crippen molar-refractivity contribution in [1.82, 2.24) is 10.2 Å². The molecule has 5 nitrogen and oxygen atoms in total. The summed E-state index contributed by atoms with van der Waals surface area (Å²) in [7, 11) is 3.52. The molecule has 1 saturated heterocycles. The molecule has 0 saturated carbocycles. The minimum absolute atomic E-state index is 0. The smallest absolute Gasteiger partial charge is 0.193 e. The van der Waals surface area contributed by atoms with Gasteiger partial charge in [-0.15, -0.1) is 24.0 Å². The monoisotopic (exact) mass is 461 g/mol. The van der Waals surface area contributed by atoms with Crippen molar-refractivity contribution in [2.24, 2.45) is 10.4 Å². The molecule has 1 aliphatic heterocycles. The molecule has 1 heterocycles. The lowest BCUT2D eigenvalue weighted by Gasteiger charge is -2.23. The van der Waals surface area contributed by atoms with Crippen molar-refractivity contribution in [2.75, 3.05) is 33.9 Å². The fourth-order valence-electron chi connectivity index (χ4n) is 2.96. The first-order valence-electron chi connectivity index (χ1n) is 8.74. The molecule has 0 bridgehead atoms. The van der Waals surface area contributed by atoms with E-state index in [1.54, 1.807) is 7.11 Å². The van der Waals surface area contributed by atoms with Gasteiger partial charge in [0, 0.05) is 26.7 Å². The summed E-state index contributed by atoms with van der Waals surface area (Å²) in [5.41, 5.74) is 1.51. The van der Waals surface area contributed by atoms with Crippen LogP contribution in [-0.2, 0) is 6.54 Å². The largest absolute Gasteiger partial charge is 0.493 e. The lowest BCUT2D eigenvalue weighted by Crippen LogP contribution is -2.40. The summed E-state index contributed by atoms with van der Waals surface area (Å²) in [6.45, 7) is 10.2. The van der Waals surface area contributed by atoms with Gasteiger partial charge >= 0.3 is 0 Å². The lowest BCUT2D eigenvalue weighted by atomic mass is 9.93. The van der Waals surface area contributed by atoms with Crippen LogP contribution in [0.2, 0.25) is 0 Å². The molecule has 1 fully saturated rings. The minimum atomic E-state index is 0. The Morgan fingerprint density at radius 3 is 2.64 bits per heavy atom. The Bertz CT molecular complexity index is 576. The Balaban J connectivity index is 0.00000312. The highest BCUT2D eigenvalue weighted by atomic mass is 127. The molecule has 0 amide bonds. The van der Waals surface area contributed by atoms with E-state index in [0.717, 1.165) is 42.5 Å². The van der Waals surface area contributed by atoms with Gasteiger partial charge in [0.15, 0.2) is 17.5 Å². The minimum Gasteiger partial charge on any atom is -0.493 e. The van der Waals surface area contributed by atoms with Gasteiger partial charge in [0.05, 0.1) is 13.7 Å². The molecule has 0 spiro atoms. The van der Waals surface area contributed by atoms with Gasteiger partial charge in [-0.2, -0.15) is 0 Å². The number of likely N-dealkylation sites (tertiary alicyclic amines) is 1. The summed E-state index contributed by atoms with van der Waals surface area (Å²) >= 11 is 0. The zero-order valence-corrected chi connectivity index (χ0v) is 18.4. The number of guanidine groups is 1. The molecular formula is C19H32IN3O2. The third-order valence-electron chi connectivity index (χ3n) is 4.33. The Kier molecular flexibility index (Phi) is 8.82. The molecule has 25 heavy (non-hydrogen) atoms. The number of nitrogens with one attached hydrogen (secondary N) is 1. The van der Waals surface area contributed by atoms with E-state index in [2.05, 4.69) is 42.0 Å². The number of hydrogen-bond donors (Lipinski definition) is 1. The van der Waals surface area contributed by atoms with Crippen molar-refractivity contribution >= 4 is 29.9 Å². The SMILES string of the molecule is CCCOc1ccc(CNC(=NC)N2CCC(C)(C)C2)cc1OC.I. The number of halogens is 1. The van der Waals surface area contributed by atoms with Crippen LogP contribution in [0.3, 0.4) is 0 Å². The van der Waals surface area contributed by atoms with Crippen molar-refractivity contribution < 1.29 is 9.47 Å². The van der Waals surface area contributed by atoms with Crippen LogP contribution < -0.4 is 14.8 Å². The predicted octanol–water partition coefficient (Wildman–Crippen LogP) is 3.91. The summed E-state index contributed by atoms with van der Waals surface area (Å²) < 4.78 is 11.2. The average Bonchev–Trinajstić information content (AvgIpc) is 2.93. The van der Waals surface area contributed by atoms with Gasteiger partial charge in [-0.1, -0.05) is 26.8 Å². The summed E-state index contributed by atoms with van der Waals surface area (Å²) in [5, 5.41) is 3.46. The van der Waals surface area contributed by atoms with E-state index in [1.165, 1.54) is 6.42 Å². The third kappa shape index (κ3) is 6.24. The maximum atomic E-state index is 5.71. The van der Waals surface area contributed by atoms with Gasteiger partial charge in [0.1, 0.15) is 0 Å². The highest BCUT2D eigenvalue weighted by molar-refractivity contribution is 14.0. The first-order chi connectivity index (χ1) is 11.5. The molecular weight excluding hydrogens is 429 g/mol. The average molecular weight is 461 g/mol. The summed E-state index contributed by atoms with van der Waals surface area (Å²) in [6.07, 6.45) is 2.18. The number of nitrogens with zero attached hydrogens (tertiary/aromatic N) is 2. The van der Waals surface area contributed by atoms with Gasteiger partial charge in [-0.3, -0.25) is 4.99 Å². The first kappa shape index (κ1) is 21.9. The fraction of sp³-hybridized carbons (Fsp3) is 0.632. The van der Waals surface area contributed by atoms with E-state index in [0.29, 0.717) is 18.6 Å². The number of ether oxygens (including phenoxy) is 2. The molecule has 1 N–H and O–H groups in total. The van der Waals surface area contributed by atoms with E-state index in [4.69, 9.17) is 9.47 Å². The fourth-order valence-corrected chi connectivity index (χ4v) is 2.96. The standard InChI is InChI=1S/C19H31N3O2.HI/c1-6-11-24-16-8-7-15(12-17(16)23-5)13-21-18(20-4)22-10-9-19(2,3)14-22;/h7-8,12H,6,9-11,13-14H2,1-5H3,(H,20,21);1H. The number of aliphatic imine (C=N–C) groups is 1. The molecule has 0 unspecified atom stereocenters. The second-order valence-corrected chi connectivity index (χ2v) is 7.07. The van der Waals surface area contributed by atoms with Gasteiger partial charge in [-0.25, -0.2) is 0 Å². The van der Waals surface area contributed by atoms with Crippen molar-refractivity contribution in [2.45, 2.75) is 40.2 Å². The van der Waals surface area contributed by atoms with Crippen LogP contribution in [0.25, 0.3) is 0 Å². The van der Waals surface area contributed by atoms with E-state index in [9.17, 15) is 0 Å².